The Labute approximate surface area is 250 Å². The van der Waals surface area contributed by atoms with Gasteiger partial charge in [0.1, 0.15) is 11.3 Å². The molecule has 0 saturated carbocycles. The number of hydrazone groups is 1. The number of carbonyl (C=O) groups is 1. The fourth-order valence-electron chi connectivity index (χ4n) is 5.74. The molecule has 42 heavy (non-hydrogen) atoms. The second-order valence-corrected chi connectivity index (χ2v) is 11.8. The highest BCUT2D eigenvalue weighted by Crippen LogP contribution is 2.37. The number of amides is 1. The molecule has 7 nitrogen and oxygen atoms in total. The molecule has 2 saturated heterocycles. The van der Waals surface area contributed by atoms with Gasteiger partial charge in [0.2, 0.25) is 0 Å². The molecule has 1 N–H and O–H groups in total. The molecule has 2 atom stereocenters. The van der Waals surface area contributed by atoms with Gasteiger partial charge in [0.25, 0.3) is 5.91 Å². The number of pyridine rings is 1. The number of carbonyl (C=O) groups excluding carboxylic acids is 1. The van der Waals surface area contributed by atoms with Crippen LogP contribution in [-0.2, 0) is 4.79 Å². The smallest absolute Gasteiger partial charge is 0.259 e. The quantitative estimate of drug-likeness (QED) is 0.297. The third-order valence-electron chi connectivity index (χ3n) is 7.99. The van der Waals surface area contributed by atoms with Crippen molar-refractivity contribution in [3.05, 3.63) is 131 Å². The van der Waals surface area contributed by atoms with Gasteiger partial charge >= 0.3 is 0 Å². The lowest BCUT2D eigenvalue weighted by molar-refractivity contribution is -0.117. The summed E-state index contributed by atoms with van der Waals surface area (Å²) < 4.78 is 0. The number of thioether (sulfide) groups is 1. The van der Waals surface area contributed by atoms with Crippen molar-refractivity contribution in [1.82, 2.24) is 15.2 Å². The molecule has 3 aliphatic heterocycles. The van der Waals surface area contributed by atoms with Crippen molar-refractivity contribution in [1.29, 1.82) is 0 Å². The third-order valence-corrected chi connectivity index (χ3v) is 9.19. The lowest BCUT2D eigenvalue weighted by Crippen LogP contribution is -2.52. The van der Waals surface area contributed by atoms with Crippen molar-refractivity contribution >= 4 is 41.0 Å². The van der Waals surface area contributed by atoms with E-state index in [2.05, 4.69) is 97.9 Å². The van der Waals surface area contributed by atoms with Crippen LogP contribution in [0.1, 0.15) is 29.2 Å². The lowest BCUT2D eigenvalue weighted by Gasteiger charge is -2.37. The first-order chi connectivity index (χ1) is 20.7. The summed E-state index contributed by atoms with van der Waals surface area (Å²) >= 11 is 1.60. The van der Waals surface area contributed by atoms with Gasteiger partial charge in [0, 0.05) is 38.8 Å². The second kappa shape index (κ2) is 11.8. The third kappa shape index (κ3) is 5.55. The minimum absolute atomic E-state index is 0.0120. The molecule has 0 bridgehead atoms. The minimum Gasteiger partial charge on any atom is -0.354 e. The monoisotopic (exact) mass is 572 g/mol. The molecule has 2 fully saturated rings. The molecule has 3 aliphatic rings. The number of rotatable bonds is 6. The van der Waals surface area contributed by atoms with E-state index in [0.29, 0.717) is 0 Å². The lowest BCUT2D eigenvalue weighted by atomic mass is 9.98. The topological polar surface area (TPSA) is 64.1 Å². The van der Waals surface area contributed by atoms with Crippen LogP contribution < -0.4 is 15.2 Å². The molecule has 2 unspecified atom stereocenters. The number of aromatic nitrogens is 1. The second-order valence-electron chi connectivity index (χ2n) is 10.6. The molecule has 4 aromatic rings. The number of nitrogens with one attached hydrogen (secondary N) is 1. The Morgan fingerprint density at radius 1 is 0.810 bits per heavy atom. The maximum absolute atomic E-state index is 12.9. The van der Waals surface area contributed by atoms with Gasteiger partial charge in [-0.25, -0.2) is 4.98 Å². The molecular weight excluding hydrogens is 540 g/mol. The van der Waals surface area contributed by atoms with Crippen LogP contribution in [0.3, 0.4) is 0 Å². The van der Waals surface area contributed by atoms with Crippen molar-refractivity contribution in [2.24, 2.45) is 5.10 Å². The highest BCUT2D eigenvalue weighted by atomic mass is 32.2. The molecule has 0 aliphatic carbocycles. The maximum atomic E-state index is 12.9. The first kappa shape index (κ1) is 26.5. The predicted molar refractivity (Wildman–Crippen MR) is 171 cm³/mol. The average molecular weight is 573 g/mol. The Kier molecular flexibility index (Phi) is 7.47. The zero-order valence-corrected chi connectivity index (χ0v) is 24.0. The molecule has 1 amide bonds. The van der Waals surface area contributed by atoms with E-state index in [0.717, 1.165) is 65.8 Å². The number of piperazine rings is 1. The summed E-state index contributed by atoms with van der Waals surface area (Å²) in [7, 11) is 0. The summed E-state index contributed by atoms with van der Waals surface area (Å²) in [4.78, 5) is 22.7. The van der Waals surface area contributed by atoms with Crippen LogP contribution in [0.15, 0.2) is 119 Å². The van der Waals surface area contributed by atoms with E-state index in [9.17, 15) is 4.79 Å². The van der Waals surface area contributed by atoms with Gasteiger partial charge in [-0.15, -0.1) is 0 Å². The van der Waals surface area contributed by atoms with Crippen molar-refractivity contribution in [2.45, 2.75) is 18.0 Å². The highest BCUT2D eigenvalue weighted by Gasteiger charge is 2.34. The molecule has 1 aromatic heterocycles. The fraction of sp³-hybridized carbons (Fsp3) is 0.206. The van der Waals surface area contributed by atoms with Crippen molar-refractivity contribution in [2.75, 3.05) is 36.1 Å². The molecule has 3 aromatic carbocycles. The van der Waals surface area contributed by atoms with E-state index in [4.69, 9.17) is 5.10 Å². The van der Waals surface area contributed by atoms with E-state index < -0.39 is 0 Å². The van der Waals surface area contributed by atoms with Gasteiger partial charge in [-0.05, 0) is 47.0 Å². The van der Waals surface area contributed by atoms with Crippen LogP contribution >= 0.6 is 11.8 Å². The van der Waals surface area contributed by atoms with Crippen LogP contribution in [0.25, 0.3) is 6.08 Å². The average Bonchev–Trinajstić information content (AvgIpc) is 3.67. The summed E-state index contributed by atoms with van der Waals surface area (Å²) in [5.41, 5.74) is 5.46. The minimum atomic E-state index is -0.0455. The first-order valence-electron chi connectivity index (χ1n) is 14.4. The normalized spacial score (nSPS) is 22.0. The summed E-state index contributed by atoms with van der Waals surface area (Å²) in [6.45, 7) is 3.53. The molecule has 7 rings (SSSR count). The largest absolute Gasteiger partial charge is 0.354 e. The van der Waals surface area contributed by atoms with E-state index in [-0.39, 0.29) is 17.4 Å². The number of hydrogen-bond acceptors (Lipinski definition) is 7. The Morgan fingerprint density at radius 2 is 1.52 bits per heavy atom. The molecular formula is C34H32N6OS. The zero-order valence-electron chi connectivity index (χ0n) is 23.2. The van der Waals surface area contributed by atoms with Crippen LogP contribution in [0.2, 0.25) is 0 Å². The molecule has 8 heteroatoms. The number of nitrogens with zero attached hydrogens (tertiary/aromatic N) is 5. The first-order valence-corrected chi connectivity index (χ1v) is 15.3. The highest BCUT2D eigenvalue weighted by molar-refractivity contribution is 8.05. The van der Waals surface area contributed by atoms with E-state index in [1.807, 2.05) is 42.6 Å². The number of anilines is 2. The van der Waals surface area contributed by atoms with Gasteiger partial charge < -0.3 is 10.2 Å². The molecule has 0 spiro atoms. The zero-order chi connectivity index (χ0) is 28.3. The van der Waals surface area contributed by atoms with Crippen LogP contribution in [-0.4, -0.2) is 53.2 Å². The van der Waals surface area contributed by atoms with Crippen LogP contribution in [0.5, 0.6) is 0 Å². The summed E-state index contributed by atoms with van der Waals surface area (Å²) in [5.74, 6) is 0.998. The van der Waals surface area contributed by atoms with Gasteiger partial charge in [0.15, 0.2) is 0 Å². The van der Waals surface area contributed by atoms with Crippen molar-refractivity contribution in [3.8, 4) is 0 Å². The standard InChI is InChI=1S/C34H32N6OS/c41-33-31(42-34(36-33)39-21-19-38(20-22-39)32-13-7-8-18-35-32)23-25-14-16-28(17-15-25)40-30(27-11-5-2-6-12-27)24-29(37-40)26-9-3-1-4-10-26/h1-18,23,30,34H,19-22,24H2,(H,36,41)/b31-23-. The summed E-state index contributed by atoms with van der Waals surface area (Å²) in [6.07, 6.45) is 4.67. The van der Waals surface area contributed by atoms with Crippen molar-refractivity contribution < 1.29 is 4.79 Å². The number of benzene rings is 3. The van der Waals surface area contributed by atoms with Crippen molar-refractivity contribution in [3.63, 3.8) is 0 Å². The van der Waals surface area contributed by atoms with E-state index in [1.54, 1.807) is 11.8 Å². The van der Waals surface area contributed by atoms with Gasteiger partial charge in [-0.2, -0.15) is 5.10 Å². The Hall–Kier alpha value is -4.40. The fourth-order valence-corrected chi connectivity index (χ4v) is 6.88. The van der Waals surface area contributed by atoms with Crippen LogP contribution in [0, 0.1) is 0 Å². The SMILES string of the molecule is O=C1NC(N2CCN(c3ccccn3)CC2)S/C1=C\c1ccc(N2N=C(c3ccccc3)CC2c2ccccc2)cc1. The summed E-state index contributed by atoms with van der Waals surface area (Å²) in [5, 5.41) is 10.4. The Morgan fingerprint density at radius 3 is 2.24 bits per heavy atom. The molecule has 0 radical (unpaired) electrons. The van der Waals surface area contributed by atoms with Gasteiger partial charge in [-0.1, -0.05) is 90.6 Å². The Bertz CT molecular complexity index is 1590. The van der Waals surface area contributed by atoms with E-state index >= 15 is 0 Å². The molecule has 210 valence electrons. The Balaban J connectivity index is 1.05. The summed E-state index contributed by atoms with van der Waals surface area (Å²) in [6, 6.07) is 35.5. The predicted octanol–water partition coefficient (Wildman–Crippen LogP) is 5.75. The molecule has 4 heterocycles. The van der Waals surface area contributed by atoms with Gasteiger partial charge in [0.05, 0.1) is 22.3 Å². The van der Waals surface area contributed by atoms with E-state index in [1.165, 1.54) is 5.56 Å². The van der Waals surface area contributed by atoms with Gasteiger partial charge in [-0.3, -0.25) is 14.7 Å². The number of hydrogen-bond donors (Lipinski definition) is 1. The van der Waals surface area contributed by atoms with Crippen LogP contribution in [0.4, 0.5) is 11.5 Å². The maximum Gasteiger partial charge on any atom is 0.259 e.